The van der Waals surface area contributed by atoms with Crippen molar-refractivity contribution in [2.75, 3.05) is 0 Å². The zero-order valence-corrected chi connectivity index (χ0v) is 19.4. The maximum absolute atomic E-state index is 6.89. The van der Waals surface area contributed by atoms with Crippen LogP contribution in [-0.4, -0.2) is 13.3 Å². The maximum atomic E-state index is 6.89. The highest BCUT2D eigenvalue weighted by molar-refractivity contribution is 6.73. The van der Waals surface area contributed by atoms with Crippen LogP contribution < -0.4 is 0 Å². The molecule has 2 unspecified atom stereocenters. The Kier molecular flexibility index (Phi) is 8.92. The van der Waals surface area contributed by atoms with Gasteiger partial charge in [-0.15, -0.1) is 0 Å². The summed E-state index contributed by atoms with van der Waals surface area (Å²) < 4.78 is 6.89. The highest BCUT2D eigenvalue weighted by atomic mass is 35.5. The first-order valence-electron chi connectivity index (χ1n) is 10.4. The molecule has 2 nitrogen and oxygen atoms in total. The van der Waals surface area contributed by atoms with E-state index in [9.17, 15) is 0 Å². The molecular weight excluding hydrogens is 381 g/mol. The third-order valence-corrected chi connectivity index (χ3v) is 11.9. The minimum Gasteiger partial charge on any atom is -0.410 e. The van der Waals surface area contributed by atoms with Crippen LogP contribution in [0.25, 0.3) is 0 Å². The van der Waals surface area contributed by atoms with Crippen molar-refractivity contribution in [3.05, 3.63) is 28.0 Å². The Morgan fingerprint density at radius 3 is 2.08 bits per heavy atom. The van der Waals surface area contributed by atoms with Gasteiger partial charge < -0.3 is 4.43 Å². The van der Waals surface area contributed by atoms with Gasteiger partial charge in [0, 0.05) is 18.0 Å². The predicted molar refractivity (Wildman–Crippen MR) is 116 cm³/mol. The van der Waals surface area contributed by atoms with Crippen molar-refractivity contribution in [3.8, 4) is 0 Å². The lowest BCUT2D eigenvalue weighted by atomic mass is 9.87. The fourth-order valence-electron chi connectivity index (χ4n) is 4.47. The second-order valence-corrected chi connectivity index (χ2v) is 13.5. The molecular formula is C21H35Cl2NOSi. The Morgan fingerprint density at radius 1 is 1.04 bits per heavy atom. The summed E-state index contributed by atoms with van der Waals surface area (Å²) in [5.41, 5.74) is 0.953. The van der Waals surface area contributed by atoms with E-state index in [4.69, 9.17) is 27.6 Å². The summed E-state index contributed by atoms with van der Waals surface area (Å²) in [6, 6.07) is 3.40. The topological polar surface area (TPSA) is 22.1 Å². The smallest absolute Gasteiger partial charge is 0.192 e. The minimum absolute atomic E-state index is 0.00614. The molecule has 1 saturated carbocycles. The third-order valence-electron chi connectivity index (χ3n) is 6.63. The summed E-state index contributed by atoms with van der Waals surface area (Å²) in [6.07, 6.45) is 11.1. The second kappa shape index (κ2) is 10.5. The van der Waals surface area contributed by atoms with Crippen LogP contribution in [0.3, 0.4) is 0 Å². The summed E-state index contributed by atoms with van der Waals surface area (Å²) in [4.78, 5) is 4.13. The van der Waals surface area contributed by atoms with Gasteiger partial charge in [0.25, 0.3) is 0 Å². The molecule has 0 bridgehead atoms. The summed E-state index contributed by atoms with van der Waals surface area (Å²) in [6.45, 7) is 9.22. The van der Waals surface area contributed by atoms with E-state index in [1.807, 2.05) is 0 Å². The molecule has 1 aliphatic rings. The predicted octanol–water partition coefficient (Wildman–Crippen LogP) is 8.06. The van der Waals surface area contributed by atoms with Crippen LogP contribution >= 0.6 is 23.2 Å². The molecule has 0 aliphatic heterocycles. The molecule has 0 aromatic carbocycles. The lowest BCUT2D eigenvalue weighted by Gasteiger charge is -2.35. The Hall–Kier alpha value is -0.0931. The van der Waals surface area contributed by atoms with E-state index in [1.165, 1.54) is 32.1 Å². The van der Waals surface area contributed by atoms with Gasteiger partial charge in [-0.05, 0) is 42.8 Å². The number of pyridine rings is 1. The van der Waals surface area contributed by atoms with Crippen LogP contribution in [0.15, 0.2) is 12.4 Å². The van der Waals surface area contributed by atoms with E-state index in [-0.39, 0.29) is 6.10 Å². The van der Waals surface area contributed by atoms with Gasteiger partial charge in [-0.1, -0.05) is 76.6 Å². The molecule has 2 atom stereocenters. The molecule has 2 rings (SSSR count). The molecule has 1 aromatic heterocycles. The van der Waals surface area contributed by atoms with Crippen LogP contribution in [0.5, 0.6) is 0 Å². The molecule has 1 aliphatic carbocycles. The standard InChI is InChI=1S/C21H35Cl2NOSi/c1-5-26(6-2,7-3)25-20(21-18(22)14-24-15-19(21)23)13-12-16(4)17-10-8-9-11-17/h14-17,20H,5-13H2,1-4H3. The Bertz CT molecular complexity index is 530. The quantitative estimate of drug-likeness (QED) is 0.360. The van der Waals surface area contributed by atoms with Crippen molar-refractivity contribution < 1.29 is 4.43 Å². The molecule has 5 heteroatoms. The van der Waals surface area contributed by atoms with Crippen molar-refractivity contribution in [2.45, 2.75) is 90.5 Å². The molecule has 0 amide bonds. The fourth-order valence-corrected chi connectivity index (χ4v) is 7.92. The molecule has 1 fully saturated rings. The summed E-state index contributed by atoms with van der Waals surface area (Å²) in [7, 11) is -1.75. The second-order valence-electron chi connectivity index (χ2n) is 7.97. The molecule has 148 valence electrons. The first-order valence-corrected chi connectivity index (χ1v) is 13.7. The monoisotopic (exact) mass is 415 g/mol. The van der Waals surface area contributed by atoms with E-state index in [0.29, 0.717) is 10.0 Å². The van der Waals surface area contributed by atoms with Gasteiger partial charge in [-0.3, -0.25) is 4.98 Å². The molecule has 0 spiro atoms. The Morgan fingerprint density at radius 2 is 1.58 bits per heavy atom. The van der Waals surface area contributed by atoms with Crippen LogP contribution in [0.1, 0.15) is 77.9 Å². The van der Waals surface area contributed by atoms with Crippen LogP contribution in [0.4, 0.5) is 0 Å². The molecule has 26 heavy (non-hydrogen) atoms. The lowest BCUT2D eigenvalue weighted by Crippen LogP contribution is -2.37. The highest BCUT2D eigenvalue weighted by Crippen LogP contribution is 2.41. The largest absolute Gasteiger partial charge is 0.410 e. The summed E-state index contributed by atoms with van der Waals surface area (Å²) >= 11 is 13.0. The maximum Gasteiger partial charge on any atom is 0.192 e. The summed E-state index contributed by atoms with van der Waals surface area (Å²) in [5.74, 6) is 1.62. The first kappa shape index (κ1) is 22.2. The molecule has 0 saturated heterocycles. The fraction of sp³-hybridized carbons (Fsp3) is 0.762. The Labute approximate surface area is 171 Å². The van der Waals surface area contributed by atoms with E-state index in [1.54, 1.807) is 12.4 Å². The number of hydrogen-bond donors (Lipinski definition) is 0. The lowest BCUT2D eigenvalue weighted by molar-refractivity contribution is 0.162. The Balaban J connectivity index is 2.20. The number of halogens is 2. The van der Waals surface area contributed by atoms with Gasteiger partial charge in [-0.2, -0.15) is 0 Å². The van der Waals surface area contributed by atoms with Crippen LogP contribution in [0.2, 0.25) is 28.2 Å². The van der Waals surface area contributed by atoms with Gasteiger partial charge in [0.2, 0.25) is 0 Å². The van der Waals surface area contributed by atoms with Crippen LogP contribution in [-0.2, 0) is 4.43 Å². The number of hydrogen-bond acceptors (Lipinski definition) is 2. The van der Waals surface area contributed by atoms with Gasteiger partial charge >= 0.3 is 0 Å². The SMILES string of the molecule is CC[Si](CC)(CC)OC(CCC(C)C1CCCC1)c1c(Cl)cncc1Cl. The molecule has 0 N–H and O–H groups in total. The van der Waals surface area contributed by atoms with E-state index < -0.39 is 8.32 Å². The van der Waals surface area contributed by atoms with E-state index >= 15 is 0 Å². The number of rotatable bonds is 10. The van der Waals surface area contributed by atoms with Gasteiger partial charge in [0.05, 0.1) is 16.1 Å². The normalized spacial score (nSPS) is 18.2. The van der Waals surface area contributed by atoms with Gasteiger partial charge in [0.1, 0.15) is 0 Å². The average Bonchev–Trinajstić information content (AvgIpc) is 3.18. The number of aromatic nitrogens is 1. The average molecular weight is 417 g/mol. The minimum atomic E-state index is -1.75. The zero-order valence-electron chi connectivity index (χ0n) is 16.9. The van der Waals surface area contributed by atoms with Crippen molar-refractivity contribution in [3.63, 3.8) is 0 Å². The van der Waals surface area contributed by atoms with Gasteiger partial charge in [-0.25, -0.2) is 0 Å². The van der Waals surface area contributed by atoms with Gasteiger partial charge in [0.15, 0.2) is 8.32 Å². The third kappa shape index (κ3) is 5.47. The van der Waals surface area contributed by atoms with Crippen molar-refractivity contribution in [1.29, 1.82) is 0 Å². The van der Waals surface area contributed by atoms with E-state index in [2.05, 4.69) is 32.7 Å². The molecule has 1 aromatic rings. The van der Waals surface area contributed by atoms with E-state index in [0.717, 1.165) is 42.0 Å². The number of nitrogens with zero attached hydrogens (tertiary/aromatic N) is 1. The van der Waals surface area contributed by atoms with Crippen LogP contribution in [0, 0.1) is 11.8 Å². The summed E-state index contributed by atoms with van der Waals surface area (Å²) in [5, 5.41) is 1.28. The zero-order chi connectivity index (χ0) is 19.2. The highest BCUT2D eigenvalue weighted by Gasteiger charge is 2.34. The van der Waals surface area contributed by atoms with Crippen molar-refractivity contribution in [1.82, 2.24) is 4.98 Å². The first-order chi connectivity index (χ1) is 12.5. The van der Waals surface area contributed by atoms with Crippen molar-refractivity contribution in [2.24, 2.45) is 11.8 Å². The van der Waals surface area contributed by atoms with Crippen molar-refractivity contribution >= 4 is 31.5 Å². The molecule has 0 radical (unpaired) electrons. The molecule has 1 heterocycles.